The number of hydrogen-bond acceptors (Lipinski definition) is 5. The maximum Gasteiger partial charge on any atom is 0.297 e. The van der Waals surface area contributed by atoms with Crippen LogP contribution in [0.5, 0.6) is 0 Å². The van der Waals surface area contributed by atoms with Crippen molar-refractivity contribution < 1.29 is 22.4 Å². The molecule has 0 spiro atoms. The summed E-state index contributed by atoms with van der Waals surface area (Å²) >= 11 is 0. The normalized spacial score (nSPS) is 12.6. The minimum atomic E-state index is -3.72. The Hall–Kier alpha value is -0.950. The van der Waals surface area contributed by atoms with Gasteiger partial charge < -0.3 is 0 Å². The summed E-state index contributed by atoms with van der Waals surface area (Å²) in [6, 6.07) is 7.99. The van der Waals surface area contributed by atoms with Gasteiger partial charge in [-0.2, -0.15) is 8.42 Å². The lowest BCUT2D eigenvalue weighted by Crippen LogP contribution is -2.25. The van der Waals surface area contributed by atoms with Gasteiger partial charge in [0.05, 0.1) is 17.1 Å². The van der Waals surface area contributed by atoms with Crippen molar-refractivity contribution in [3.8, 4) is 0 Å². The third kappa shape index (κ3) is 6.00. The Balaban J connectivity index is 2.31. The molecule has 0 saturated carbocycles. The van der Waals surface area contributed by atoms with Gasteiger partial charge in [-0.15, -0.1) is 0 Å². The Labute approximate surface area is 120 Å². The van der Waals surface area contributed by atoms with Gasteiger partial charge in [0, 0.05) is 0 Å². The van der Waals surface area contributed by atoms with Crippen LogP contribution in [-0.2, 0) is 24.1 Å². The van der Waals surface area contributed by atoms with Gasteiger partial charge in [0.25, 0.3) is 10.1 Å². The molecule has 0 aromatic heterocycles. The van der Waals surface area contributed by atoms with Crippen LogP contribution in [0.25, 0.3) is 0 Å². The summed E-state index contributed by atoms with van der Waals surface area (Å²) in [4.78, 5) is 10.3. The van der Waals surface area contributed by atoms with Crippen LogP contribution >= 0.6 is 0 Å². The van der Waals surface area contributed by atoms with E-state index in [2.05, 4.69) is 6.92 Å². The van der Waals surface area contributed by atoms with Crippen LogP contribution in [0.3, 0.4) is 0 Å². The molecule has 20 heavy (non-hydrogen) atoms. The number of rotatable bonds is 9. The quantitative estimate of drug-likeness (QED) is 0.304. The Kier molecular flexibility index (Phi) is 6.61. The van der Waals surface area contributed by atoms with Gasteiger partial charge in [0.2, 0.25) is 0 Å². The molecule has 1 aromatic carbocycles. The molecule has 0 saturated heterocycles. The standard InChI is InChI=1S/C14H22O5S/c1-4-10-14(2,3)19-17-11-12-18-20(15,16)13-8-6-5-7-9-13/h5-9H,4,10-12H2,1-3H3. The van der Waals surface area contributed by atoms with Crippen LogP contribution in [0, 0.1) is 0 Å². The molecule has 0 aliphatic carbocycles. The highest BCUT2D eigenvalue weighted by Crippen LogP contribution is 2.16. The van der Waals surface area contributed by atoms with Crippen LogP contribution in [0.15, 0.2) is 35.2 Å². The summed E-state index contributed by atoms with van der Waals surface area (Å²) in [5, 5.41) is 0. The second kappa shape index (κ2) is 7.73. The molecule has 1 aromatic rings. The highest BCUT2D eigenvalue weighted by Gasteiger charge is 2.19. The summed E-state index contributed by atoms with van der Waals surface area (Å²) in [5.41, 5.74) is -0.382. The highest BCUT2D eigenvalue weighted by molar-refractivity contribution is 7.86. The van der Waals surface area contributed by atoms with Crippen LogP contribution in [0.4, 0.5) is 0 Å². The van der Waals surface area contributed by atoms with Crippen LogP contribution in [0.1, 0.15) is 33.6 Å². The lowest BCUT2D eigenvalue weighted by atomic mass is 10.0. The second-order valence-electron chi connectivity index (χ2n) is 5.00. The van der Waals surface area contributed by atoms with Gasteiger partial charge in [-0.3, -0.25) is 4.18 Å². The van der Waals surface area contributed by atoms with Crippen LogP contribution in [0.2, 0.25) is 0 Å². The van der Waals surface area contributed by atoms with E-state index in [0.717, 1.165) is 12.8 Å². The summed E-state index contributed by atoms with van der Waals surface area (Å²) in [6.07, 6.45) is 1.84. The molecule has 0 radical (unpaired) electrons. The van der Waals surface area contributed by atoms with Crippen LogP contribution in [-0.4, -0.2) is 27.2 Å². The summed E-state index contributed by atoms with van der Waals surface area (Å²) in [5.74, 6) is 0. The SMILES string of the molecule is CCCC(C)(C)OOCCOS(=O)(=O)c1ccccc1. The van der Waals surface area contributed by atoms with Crippen molar-refractivity contribution in [2.75, 3.05) is 13.2 Å². The molecule has 0 amide bonds. The summed E-state index contributed by atoms with van der Waals surface area (Å²) in [6.45, 7) is 5.86. The van der Waals surface area contributed by atoms with Crippen molar-refractivity contribution in [3.05, 3.63) is 30.3 Å². The van der Waals surface area contributed by atoms with Gasteiger partial charge in [-0.05, 0) is 32.4 Å². The zero-order valence-corrected chi connectivity index (χ0v) is 13.0. The van der Waals surface area contributed by atoms with Gasteiger partial charge in [0.15, 0.2) is 0 Å². The first-order valence-corrected chi connectivity index (χ1v) is 8.03. The topological polar surface area (TPSA) is 61.8 Å². The highest BCUT2D eigenvalue weighted by atomic mass is 32.2. The van der Waals surface area contributed by atoms with Crippen molar-refractivity contribution in [3.63, 3.8) is 0 Å². The minimum Gasteiger partial charge on any atom is -0.264 e. The number of hydrogen-bond donors (Lipinski definition) is 0. The third-order valence-electron chi connectivity index (χ3n) is 2.57. The zero-order valence-electron chi connectivity index (χ0n) is 12.2. The van der Waals surface area contributed by atoms with E-state index >= 15 is 0 Å². The number of benzene rings is 1. The Morgan fingerprint density at radius 2 is 1.75 bits per heavy atom. The molecular weight excluding hydrogens is 280 g/mol. The molecule has 0 aliphatic heterocycles. The molecule has 114 valence electrons. The molecule has 0 unspecified atom stereocenters. The Morgan fingerprint density at radius 3 is 2.35 bits per heavy atom. The average Bonchev–Trinajstić information content (AvgIpc) is 2.39. The predicted molar refractivity (Wildman–Crippen MR) is 75.6 cm³/mol. The Morgan fingerprint density at radius 1 is 1.10 bits per heavy atom. The first-order valence-electron chi connectivity index (χ1n) is 6.62. The molecule has 0 bridgehead atoms. The second-order valence-corrected chi connectivity index (χ2v) is 6.62. The molecule has 5 nitrogen and oxygen atoms in total. The van der Waals surface area contributed by atoms with E-state index in [4.69, 9.17) is 14.0 Å². The largest absolute Gasteiger partial charge is 0.297 e. The van der Waals surface area contributed by atoms with E-state index in [0.29, 0.717) is 0 Å². The van der Waals surface area contributed by atoms with Gasteiger partial charge in [0.1, 0.15) is 6.61 Å². The lowest BCUT2D eigenvalue weighted by molar-refractivity contribution is -0.355. The first-order chi connectivity index (χ1) is 9.37. The molecular formula is C14H22O5S. The van der Waals surface area contributed by atoms with E-state index in [9.17, 15) is 8.42 Å². The Bertz CT molecular complexity index is 482. The molecule has 0 aliphatic rings. The molecule has 1 rings (SSSR count). The molecule has 6 heteroatoms. The first kappa shape index (κ1) is 17.1. The van der Waals surface area contributed by atoms with Crippen LogP contribution < -0.4 is 0 Å². The molecule has 0 heterocycles. The van der Waals surface area contributed by atoms with Crippen molar-refractivity contribution in [1.82, 2.24) is 0 Å². The van der Waals surface area contributed by atoms with Crippen molar-refractivity contribution in [2.45, 2.75) is 44.1 Å². The fourth-order valence-corrected chi connectivity index (χ4v) is 2.59. The van der Waals surface area contributed by atoms with Gasteiger partial charge in [-0.25, -0.2) is 9.78 Å². The average molecular weight is 302 g/mol. The van der Waals surface area contributed by atoms with E-state index in [1.54, 1.807) is 18.2 Å². The van der Waals surface area contributed by atoms with Crippen molar-refractivity contribution >= 4 is 10.1 Å². The predicted octanol–water partition coefficient (Wildman–Crippen LogP) is 2.92. The monoisotopic (exact) mass is 302 g/mol. The van der Waals surface area contributed by atoms with Crippen molar-refractivity contribution in [1.29, 1.82) is 0 Å². The third-order valence-corrected chi connectivity index (χ3v) is 3.90. The molecule has 0 N–H and O–H groups in total. The van der Waals surface area contributed by atoms with Gasteiger partial charge >= 0.3 is 0 Å². The lowest BCUT2D eigenvalue weighted by Gasteiger charge is -2.22. The maximum absolute atomic E-state index is 11.8. The maximum atomic E-state index is 11.8. The van der Waals surface area contributed by atoms with E-state index in [1.807, 2.05) is 13.8 Å². The minimum absolute atomic E-state index is 0.0548. The smallest absolute Gasteiger partial charge is 0.264 e. The fourth-order valence-electron chi connectivity index (χ4n) is 1.68. The molecule has 0 fully saturated rings. The van der Waals surface area contributed by atoms with E-state index in [-0.39, 0.29) is 23.7 Å². The summed E-state index contributed by atoms with van der Waals surface area (Å²) in [7, 11) is -3.72. The fraction of sp³-hybridized carbons (Fsp3) is 0.571. The van der Waals surface area contributed by atoms with E-state index in [1.165, 1.54) is 12.1 Å². The van der Waals surface area contributed by atoms with E-state index < -0.39 is 10.1 Å². The zero-order chi connectivity index (χ0) is 15.1. The van der Waals surface area contributed by atoms with Crippen molar-refractivity contribution in [2.24, 2.45) is 0 Å². The molecule has 0 atom stereocenters. The van der Waals surface area contributed by atoms with Gasteiger partial charge in [-0.1, -0.05) is 31.5 Å². The summed E-state index contributed by atoms with van der Waals surface area (Å²) < 4.78 is 28.4.